The van der Waals surface area contributed by atoms with Crippen LogP contribution in [-0.4, -0.2) is 36.8 Å². The molecule has 0 aliphatic heterocycles. The summed E-state index contributed by atoms with van der Waals surface area (Å²) >= 11 is 7.47. The summed E-state index contributed by atoms with van der Waals surface area (Å²) in [6.45, 7) is 0. The smallest absolute Gasteiger partial charge is 0.225 e. The molecule has 4 aromatic rings. The van der Waals surface area contributed by atoms with Gasteiger partial charge in [0.1, 0.15) is 11.6 Å². The molecule has 2 aromatic carbocycles. The Bertz CT molecular complexity index is 1160. The predicted molar refractivity (Wildman–Crippen MR) is 117 cm³/mol. The zero-order chi connectivity index (χ0) is 21.1. The second-order valence-electron chi connectivity index (χ2n) is 6.11. The van der Waals surface area contributed by atoms with Gasteiger partial charge in [0, 0.05) is 16.3 Å². The second kappa shape index (κ2) is 8.56. The van der Waals surface area contributed by atoms with Crippen LogP contribution in [0.25, 0.3) is 17.1 Å². The third-order valence-electron chi connectivity index (χ3n) is 4.09. The molecule has 0 bridgehead atoms. The van der Waals surface area contributed by atoms with Crippen LogP contribution in [0.2, 0.25) is 5.02 Å². The average molecular weight is 441 g/mol. The van der Waals surface area contributed by atoms with E-state index in [1.165, 1.54) is 11.8 Å². The summed E-state index contributed by atoms with van der Waals surface area (Å²) in [5.74, 6) is 2.39. The zero-order valence-electron chi connectivity index (χ0n) is 15.9. The molecule has 0 aliphatic rings. The quantitative estimate of drug-likeness (QED) is 0.433. The van der Waals surface area contributed by atoms with E-state index in [9.17, 15) is 0 Å². The second-order valence-corrected chi connectivity index (χ2v) is 7.49. The van der Waals surface area contributed by atoms with Crippen molar-refractivity contribution in [3.8, 4) is 22.8 Å². The van der Waals surface area contributed by atoms with Crippen molar-refractivity contribution in [3.05, 3.63) is 59.4 Å². The Morgan fingerprint density at radius 1 is 1.00 bits per heavy atom. The molecular formula is C19H17ClN8OS. The topological polar surface area (TPSA) is 131 Å². The van der Waals surface area contributed by atoms with E-state index in [2.05, 4.69) is 25.1 Å². The molecule has 2 aromatic heterocycles. The van der Waals surface area contributed by atoms with Gasteiger partial charge in [-0.2, -0.15) is 15.0 Å². The van der Waals surface area contributed by atoms with Crippen molar-refractivity contribution < 1.29 is 4.74 Å². The molecule has 0 spiro atoms. The zero-order valence-corrected chi connectivity index (χ0v) is 17.4. The number of nitrogens with zero attached hydrogens (tertiary/aromatic N) is 6. The Morgan fingerprint density at radius 3 is 2.43 bits per heavy atom. The van der Waals surface area contributed by atoms with Gasteiger partial charge in [-0.1, -0.05) is 35.5 Å². The molecule has 0 aliphatic carbocycles. The van der Waals surface area contributed by atoms with Gasteiger partial charge < -0.3 is 16.2 Å². The number of nitrogens with two attached hydrogens (primary N) is 2. The summed E-state index contributed by atoms with van der Waals surface area (Å²) in [6, 6.07) is 15.0. The molecule has 0 unspecified atom stereocenters. The Kier molecular flexibility index (Phi) is 5.68. The van der Waals surface area contributed by atoms with Gasteiger partial charge in [0.15, 0.2) is 11.0 Å². The number of aromatic nitrogens is 6. The number of rotatable bonds is 6. The number of halogens is 1. The molecule has 0 saturated heterocycles. The summed E-state index contributed by atoms with van der Waals surface area (Å²) in [6.07, 6.45) is 0. The highest BCUT2D eigenvalue weighted by Gasteiger charge is 2.17. The number of hydrogen-bond acceptors (Lipinski definition) is 9. The SMILES string of the molecule is COc1cccc(-c2nnc(SCc3nc(N)nc(N)n3)n2-c2ccc(Cl)cc2)c1. The molecule has 30 heavy (non-hydrogen) atoms. The van der Waals surface area contributed by atoms with Gasteiger partial charge in [-0.25, -0.2) is 0 Å². The summed E-state index contributed by atoms with van der Waals surface area (Å²) in [5.41, 5.74) is 13.0. The lowest BCUT2D eigenvalue weighted by Gasteiger charge is -2.11. The van der Waals surface area contributed by atoms with Crippen molar-refractivity contribution in [1.82, 2.24) is 29.7 Å². The van der Waals surface area contributed by atoms with E-state index < -0.39 is 0 Å². The van der Waals surface area contributed by atoms with Crippen molar-refractivity contribution in [3.63, 3.8) is 0 Å². The van der Waals surface area contributed by atoms with Crippen molar-refractivity contribution in [1.29, 1.82) is 0 Å². The molecule has 152 valence electrons. The van der Waals surface area contributed by atoms with E-state index in [0.717, 1.165) is 17.0 Å². The van der Waals surface area contributed by atoms with Gasteiger partial charge in [0.2, 0.25) is 11.9 Å². The molecule has 4 rings (SSSR count). The number of benzene rings is 2. The van der Waals surface area contributed by atoms with Crippen LogP contribution in [0.4, 0.5) is 11.9 Å². The average Bonchev–Trinajstić information content (AvgIpc) is 3.16. The Hall–Kier alpha value is -3.37. The summed E-state index contributed by atoms with van der Waals surface area (Å²) in [4.78, 5) is 12.0. The molecule has 2 heterocycles. The Morgan fingerprint density at radius 2 is 1.73 bits per heavy atom. The lowest BCUT2D eigenvalue weighted by molar-refractivity contribution is 0.415. The maximum absolute atomic E-state index is 6.07. The fourth-order valence-corrected chi connectivity index (χ4v) is 3.72. The van der Waals surface area contributed by atoms with Crippen molar-refractivity contribution in [2.24, 2.45) is 0 Å². The minimum Gasteiger partial charge on any atom is -0.497 e. The molecule has 0 amide bonds. The van der Waals surface area contributed by atoms with Crippen molar-refractivity contribution >= 4 is 35.3 Å². The van der Waals surface area contributed by atoms with Gasteiger partial charge in [-0.3, -0.25) is 4.57 Å². The van der Waals surface area contributed by atoms with Crippen molar-refractivity contribution in [2.75, 3.05) is 18.6 Å². The molecular weight excluding hydrogens is 424 g/mol. The van der Waals surface area contributed by atoms with Crippen molar-refractivity contribution in [2.45, 2.75) is 10.9 Å². The van der Waals surface area contributed by atoms with Gasteiger partial charge in [-0.15, -0.1) is 10.2 Å². The lowest BCUT2D eigenvalue weighted by Crippen LogP contribution is -2.06. The normalized spacial score (nSPS) is 10.9. The number of thioether (sulfide) groups is 1. The molecule has 0 atom stereocenters. The van der Waals surface area contributed by atoms with Gasteiger partial charge >= 0.3 is 0 Å². The number of methoxy groups -OCH3 is 1. The highest BCUT2D eigenvalue weighted by atomic mass is 35.5. The number of anilines is 2. The fourth-order valence-electron chi connectivity index (χ4n) is 2.79. The van der Waals surface area contributed by atoms with E-state index in [0.29, 0.717) is 27.6 Å². The fraction of sp³-hybridized carbons (Fsp3) is 0.105. The molecule has 11 heteroatoms. The van der Waals surface area contributed by atoms with E-state index >= 15 is 0 Å². The molecule has 4 N–H and O–H groups in total. The third kappa shape index (κ3) is 4.29. The Balaban J connectivity index is 1.74. The molecule has 0 fully saturated rings. The van der Waals surface area contributed by atoms with Gasteiger partial charge in [0.25, 0.3) is 0 Å². The van der Waals surface area contributed by atoms with Crippen LogP contribution in [0, 0.1) is 0 Å². The summed E-state index contributed by atoms with van der Waals surface area (Å²) < 4.78 is 7.28. The number of ether oxygens (including phenoxy) is 1. The van der Waals surface area contributed by atoms with E-state index in [1.54, 1.807) is 7.11 Å². The van der Waals surface area contributed by atoms with E-state index in [-0.39, 0.29) is 11.9 Å². The van der Waals surface area contributed by atoms with Crippen LogP contribution >= 0.6 is 23.4 Å². The van der Waals surface area contributed by atoms with Crippen LogP contribution in [-0.2, 0) is 5.75 Å². The first-order chi connectivity index (χ1) is 14.5. The summed E-state index contributed by atoms with van der Waals surface area (Å²) in [7, 11) is 1.62. The first-order valence-corrected chi connectivity index (χ1v) is 10.1. The Labute approximate surface area is 181 Å². The maximum atomic E-state index is 6.07. The van der Waals surface area contributed by atoms with E-state index in [4.69, 9.17) is 27.8 Å². The minimum absolute atomic E-state index is 0.0781. The minimum atomic E-state index is 0.0781. The maximum Gasteiger partial charge on any atom is 0.225 e. The molecule has 0 radical (unpaired) electrons. The highest BCUT2D eigenvalue weighted by molar-refractivity contribution is 7.98. The van der Waals surface area contributed by atoms with E-state index in [1.807, 2.05) is 53.1 Å². The standard InChI is InChI=1S/C19H17ClN8OS/c1-29-14-4-2-3-11(9-14)16-26-27-19(28(16)13-7-5-12(20)6-8-13)30-10-15-23-17(21)25-18(22)24-15/h2-9H,10H2,1H3,(H4,21,22,23,24,25). The summed E-state index contributed by atoms with van der Waals surface area (Å²) in [5, 5.41) is 10.1. The lowest BCUT2D eigenvalue weighted by atomic mass is 10.2. The highest BCUT2D eigenvalue weighted by Crippen LogP contribution is 2.31. The third-order valence-corrected chi connectivity index (χ3v) is 5.27. The largest absolute Gasteiger partial charge is 0.497 e. The molecule has 0 saturated carbocycles. The predicted octanol–water partition coefficient (Wildman–Crippen LogP) is 3.24. The van der Waals surface area contributed by atoms with Crippen LogP contribution in [0.1, 0.15) is 5.82 Å². The molecule has 9 nitrogen and oxygen atoms in total. The van der Waals surface area contributed by atoms with Crippen LogP contribution < -0.4 is 16.2 Å². The first kappa shape index (κ1) is 19.9. The number of nitrogen functional groups attached to an aromatic ring is 2. The number of hydrogen-bond donors (Lipinski definition) is 2. The van der Waals surface area contributed by atoms with Crippen LogP contribution in [0.3, 0.4) is 0 Å². The van der Waals surface area contributed by atoms with Crippen LogP contribution in [0.15, 0.2) is 53.7 Å². The van der Waals surface area contributed by atoms with Gasteiger partial charge in [0.05, 0.1) is 12.9 Å². The monoisotopic (exact) mass is 440 g/mol. The van der Waals surface area contributed by atoms with Gasteiger partial charge in [-0.05, 0) is 36.4 Å². The first-order valence-electron chi connectivity index (χ1n) is 8.78. The van der Waals surface area contributed by atoms with Crippen LogP contribution in [0.5, 0.6) is 5.75 Å².